The van der Waals surface area contributed by atoms with Gasteiger partial charge in [0, 0.05) is 39.2 Å². The van der Waals surface area contributed by atoms with Gasteiger partial charge in [-0.3, -0.25) is 0 Å². The van der Waals surface area contributed by atoms with E-state index in [2.05, 4.69) is 201 Å². The smallest absolute Gasteiger partial charge is 0.256 e. The van der Waals surface area contributed by atoms with E-state index < -0.39 is 0 Å². The molecule has 3 nitrogen and oxygen atoms in total. The first kappa shape index (κ1) is 32.0. The van der Waals surface area contributed by atoms with E-state index in [0.29, 0.717) is 0 Å². The summed E-state index contributed by atoms with van der Waals surface area (Å²) in [6.45, 7) is 9.14. The molecule has 0 bridgehead atoms. The van der Waals surface area contributed by atoms with Crippen LogP contribution in [-0.4, -0.2) is 6.71 Å². The highest BCUT2D eigenvalue weighted by molar-refractivity contribution is 6.99. The molecule has 2 heterocycles. The molecule has 0 amide bonds. The lowest BCUT2D eigenvalue weighted by Crippen LogP contribution is -2.59. The zero-order valence-corrected chi connectivity index (χ0v) is 31.5. The van der Waals surface area contributed by atoms with Crippen LogP contribution >= 0.6 is 0 Å². The molecule has 8 aromatic carbocycles. The van der Waals surface area contributed by atoms with E-state index in [-0.39, 0.29) is 12.1 Å². The van der Waals surface area contributed by atoms with Crippen LogP contribution in [0.25, 0.3) is 21.9 Å². The second kappa shape index (κ2) is 11.7. The molecule has 0 N–H and O–H groups in total. The van der Waals surface area contributed by atoms with Gasteiger partial charge in [-0.1, -0.05) is 122 Å². The molecule has 55 heavy (non-hydrogen) atoms. The van der Waals surface area contributed by atoms with E-state index in [4.69, 9.17) is 4.74 Å². The standard InChI is InChI=1S/C51H39BN2O/c1-32-20-24-35(25-21-32)53(36-26-22-33(2)23-27-36)44-29-28-37-39-30-48-43(31-41(39)51(3,4)40-15-10-14-38(44)49(37)40)52-42-16-8-9-17-45(42)54(34-12-6-5-7-13-34)46-18-11-19-47(55-48)50(46)52/h5-31H,1-4H3. The Labute approximate surface area is 323 Å². The van der Waals surface area contributed by atoms with Crippen LogP contribution < -0.4 is 30.9 Å². The summed E-state index contributed by atoms with van der Waals surface area (Å²) >= 11 is 0. The van der Waals surface area contributed by atoms with Crippen LogP contribution in [-0.2, 0) is 5.41 Å². The monoisotopic (exact) mass is 706 g/mol. The molecule has 0 saturated heterocycles. The largest absolute Gasteiger partial charge is 0.458 e. The van der Waals surface area contributed by atoms with Crippen molar-refractivity contribution in [1.29, 1.82) is 0 Å². The lowest BCUT2D eigenvalue weighted by atomic mass is 9.34. The summed E-state index contributed by atoms with van der Waals surface area (Å²) in [7, 11) is 0. The van der Waals surface area contributed by atoms with Gasteiger partial charge in [-0.15, -0.1) is 0 Å². The molecule has 11 rings (SSSR count). The Morgan fingerprint density at radius 3 is 1.96 bits per heavy atom. The normalized spacial score (nSPS) is 14.0. The average molecular weight is 707 g/mol. The summed E-state index contributed by atoms with van der Waals surface area (Å²) < 4.78 is 7.00. The Morgan fingerprint density at radius 1 is 0.545 bits per heavy atom. The van der Waals surface area contributed by atoms with Crippen molar-refractivity contribution in [3.05, 3.63) is 186 Å². The summed E-state index contributed by atoms with van der Waals surface area (Å²) in [6, 6.07) is 60.3. The van der Waals surface area contributed by atoms with Crippen molar-refractivity contribution >= 4 is 68.0 Å². The summed E-state index contributed by atoms with van der Waals surface area (Å²) in [5.74, 6) is 1.86. The van der Waals surface area contributed by atoms with Gasteiger partial charge in [0.2, 0.25) is 0 Å². The molecule has 0 fully saturated rings. The molecule has 0 radical (unpaired) electrons. The number of rotatable bonds is 4. The summed E-state index contributed by atoms with van der Waals surface area (Å²) in [5, 5.41) is 2.55. The third-order valence-electron chi connectivity index (χ3n) is 12.2. The molecule has 0 saturated carbocycles. The Balaban J connectivity index is 1.12. The van der Waals surface area contributed by atoms with Crippen LogP contribution in [0.15, 0.2) is 164 Å². The zero-order valence-electron chi connectivity index (χ0n) is 31.5. The number of benzene rings is 8. The molecular formula is C51H39BN2O. The van der Waals surface area contributed by atoms with Crippen LogP contribution in [0.1, 0.15) is 36.1 Å². The van der Waals surface area contributed by atoms with Crippen LogP contribution in [0.2, 0.25) is 0 Å². The van der Waals surface area contributed by atoms with Crippen molar-refractivity contribution in [2.24, 2.45) is 0 Å². The highest BCUT2D eigenvalue weighted by Crippen LogP contribution is 2.53. The molecule has 0 atom stereocenters. The van der Waals surface area contributed by atoms with E-state index in [1.54, 1.807) is 0 Å². The number of anilines is 6. The fourth-order valence-corrected chi connectivity index (χ4v) is 9.57. The third-order valence-corrected chi connectivity index (χ3v) is 12.2. The van der Waals surface area contributed by atoms with Gasteiger partial charge >= 0.3 is 0 Å². The topological polar surface area (TPSA) is 15.7 Å². The number of hydrogen-bond donors (Lipinski definition) is 0. The quantitative estimate of drug-likeness (QED) is 0.170. The SMILES string of the molecule is Cc1ccc(N(c2ccc(C)cc2)c2ccc3c4c(cccc24)C(C)(C)c2cc4c(cc2-3)Oc2cccc3c2B4c2ccccc2N3c2ccccc2)cc1. The van der Waals surface area contributed by atoms with Crippen LogP contribution in [0.5, 0.6) is 11.5 Å². The molecule has 3 aliphatic rings. The van der Waals surface area contributed by atoms with Crippen molar-refractivity contribution < 1.29 is 4.74 Å². The Morgan fingerprint density at radius 2 is 1.22 bits per heavy atom. The summed E-state index contributed by atoms with van der Waals surface area (Å²) in [6.07, 6.45) is 0. The van der Waals surface area contributed by atoms with E-state index in [9.17, 15) is 0 Å². The predicted molar refractivity (Wildman–Crippen MR) is 232 cm³/mol. The molecule has 2 aliphatic heterocycles. The van der Waals surface area contributed by atoms with Crippen molar-refractivity contribution in [1.82, 2.24) is 0 Å². The van der Waals surface area contributed by atoms with Gasteiger partial charge in [0.05, 0.1) is 5.69 Å². The molecule has 0 spiro atoms. The van der Waals surface area contributed by atoms with Crippen LogP contribution in [0.3, 0.4) is 0 Å². The van der Waals surface area contributed by atoms with E-state index in [1.165, 1.54) is 77.6 Å². The van der Waals surface area contributed by atoms with Gasteiger partial charge in [-0.25, -0.2) is 0 Å². The minimum absolute atomic E-state index is 0.0457. The van der Waals surface area contributed by atoms with Gasteiger partial charge in [0.1, 0.15) is 11.5 Å². The van der Waals surface area contributed by atoms with Gasteiger partial charge in [0.25, 0.3) is 6.71 Å². The molecule has 0 unspecified atom stereocenters. The first-order chi connectivity index (χ1) is 26.9. The van der Waals surface area contributed by atoms with E-state index in [1.807, 2.05) is 0 Å². The molecule has 8 aromatic rings. The van der Waals surface area contributed by atoms with Gasteiger partial charge in [-0.05, 0) is 125 Å². The van der Waals surface area contributed by atoms with E-state index in [0.717, 1.165) is 28.6 Å². The second-order valence-electron chi connectivity index (χ2n) is 15.9. The first-order valence-corrected chi connectivity index (χ1v) is 19.3. The minimum atomic E-state index is -0.266. The number of fused-ring (bicyclic) bond motifs is 6. The maximum atomic E-state index is 7.00. The zero-order chi connectivity index (χ0) is 37.0. The molecular weight excluding hydrogens is 667 g/mol. The van der Waals surface area contributed by atoms with Gasteiger partial charge in [-0.2, -0.15) is 0 Å². The summed E-state index contributed by atoms with van der Waals surface area (Å²) in [5.41, 5.74) is 18.1. The van der Waals surface area contributed by atoms with Gasteiger partial charge in [0.15, 0.2) is 0 Å². The molecule has 4 heteroatoms. The van der Waals surface area contributed by atoms with Crippen LogP contribution in [0.4, 0.5) is 34.1 Å². The van der Waals surface area contributed by atoms with Crippen LogP contribution in [0, 0.1) is 13.8 Å². The summed E-state index contributed by atoms with van der Waals surface area (Å²) in [4.78, 5) is 4.81. The predicted octanol–water partition coefficient (Wildman–Crippen LogP) is 11.6. The van der Waals surface area contributed by atoms with Crippen molar-refractivity contribution in [2.45, 2.75) is 33.1 Å². The second-order valence-corrected chi connectivity index (χ2v) is 15.9. The molecule has 0 aromatic heterocycles. The number of nitrogens with zero attached hydrogens (tertiary/aromatic N) is 2. The molecule has 1 aliphatic carbocycles. The minimum Gasteiger partial charge on any atom is -0.458 e. The fraction of sp³-hybridized carbons (Fsp3) is 0.0980. The lowest BCUT2D eigenvalue weighted by molar-refractivity contribution is 0.487. The third kappa shape index (κ3) is 4.64. The van der Waals surface area contributed by atoms with Crippen molar-refractivity contribution in [3.8, 4) is 22.6 Å². The Hall–Kier alpha value is -6.52. The maximum Gasteiger partial charge on any atom is 0.256 e. The van der Waals surface area contributed by atoms with E-state index >= 15 is 0 Å². The van der Waals surface area contributed by atoms with Gasteiger partial charge < -0.3 is 14.5 Å². The Bertz CT molecular complexity index is 2800. The average Bonchev–Trinajstić information content (AvgIpc) is 3.21. The highest BCUT2D eigenvalue weighted by atomic mass is 16.5. The number of para-hydroxylation sites is 2. The molecule has 262 valence electrons. The van der Waals surface area contributed by atoms with Crippen molar-refractivity contribution in [2.75, 3.05) is 9.80 Å². The number of aryl methyl sites for hydroxylation is 2. The Kier molecular flexibility index (Phi) is 6.82. The fourth-order valence-electron chi connectivity index (χ4n) is 9.57. The lowest BCUT2D eigenvalue weighted by Gasteiger charge is -2.41. The number of hydrogen-bond acceptors (Lipinski definition) is 3. The van der Waals surface area contributed by atoms with Crippen molar-refractivity contribution in [3.63, 3.8) is 0 Å². The first-order valence-electron chi connectivity index (χ1n) is 19.3. The maximum absolute atomic E-state index is 7.00. The number of ether oxygens (including phenoxy) is 1. The highest BCUT2D eigenvalue weighted by Gasteiger charge is 2.44.